The second-order valence-corrected chi connectivity index (χ2v) is 6.06. The van der Waals surface area contributed by atoms with E-state index < -0.39 is 0 Å². The predicted octanol–water partition coefficient (Wildman–Crippen LogP) is 3.21. The minimum Gasteiger partial charge on any atom is -0.345 e. The number of carbonyl (C=O) groups excluding carboxylic acids is 1. The van der Waals surface area contributed by atoms with E-state index in [1.807, 2.05) is 0 Å². The van der Waals surface area contributed by atoms with E-state index in [-0.39, 0.29) is 17.8 Å². The van der Waals surface area contributed by atoms with Crippen molar-refractivity contribution in [2.24, 2.45) is 0 Å². The molecule has 126 valence electrons. The monoisotopic (exact) mass is 336 g/mol. The Morgan fingerprint density at radius 2 is 2.00 bits per heavy atom. The molecule has 1 atom stereocenters. The summed E-state index contributed by atoms with van der Waals surface area (Å²) in [7, 11) is 0. The predicted molar refractivity (Wildman–Crippen MR) is 90.9 cm³/mol. The molecule has 0 aliphatic heterocycles. The average molecular weight is 336 g/mol. The van der Waals surface area contributed by atoms with E-state index in [1.54, 1.807) is 53.6 Å². The first-order chi connectivity index (χ1) is 12.2. The van der Waals surface area contributed by atoms with Crippen LogP contribution in [0.3, 0.4) is 0 Å². The second kappa shape index (κ2) is 6.47. The van der Waals surface area contributed by atoms with Gasteiger partial charge >= 0.3 is 0 Å². The first-order valence-corrected chi connectivity index (χ1v) is 8.26. The van der Waals surface area contributed by atoms with Gasteiger partial charge in [0.2, 0.25) is 0 Å². The molecule has 1 unspecified atom stereocenters. The molecule has 0 spiro atoms. The lowest BCUT2D eigenvalue weighted by Crippen LogP contribution is -2.31. The van der Waals surface area contributed by atoms with Gasteiger partial charge in [-0.05, 0) is 43.5 Å². The summed E-state index contributed by atoms with van der Waals surface area (Å²) in [6, 6.07) is 9.83. The number of rotatable bonds is 3. The molecule has 0 radical (unpaired) electrons. The molecule has 0 bridgehead atoms. The van der Waals surface area contributed by atoms with Crippen molar-refractivity contribution >= 4 is 5.91 Å². The molecule has 1 aromatic carbocycles. The van der Waals surface area contributed by atoms with Crippen molar-refractivity contribution in [3.8, 4) is 5.69 Å². The molecule has 3 aromatic rings. The number of halogens is 1. The Bertz CT molecular complexity index is 907. The molecule has 6 heteroatoms. The maximum atomic E-state index is 14.1. The molecule has 1 aliphatic rings. The quantitative estimate of drug-likeness (QED) is 0.799. The highest BCUT2D eigenvalue weighted by Gasteiger charge is 2.26. The minimum atomic E-state index is -0.309. The summed E-state index contributed by atoms with van der Waals surface area (Å²) in [4.78, 5) is 16.4. The summed E-state index contributed by atoms with van der Waals surface area (Å²) in [6.45, 7) is 0. The van der Waals surface area contributed by atoms with Crippen LogP contribution in [-0.4, -0.2) is 20.7 Å². The largest absolute Gasteiger partial charge is 0.345 e. The van der Waals surface area contributed by atoms with Crippen LogP contribution in [0.4, 0.5) is 4.39 Å². The fourth-order valence-electron chi connectivity index (χ4n) is 3.28. The number of aromatic nitrogens is 3. The number of hydrogen-bond donors (Lipinski definition) is 1. The van der Waals surface area contributed by atoms with E-state index in [4.69, 9.17) is 0 Å². The molecule has 5 nitrogen and oxygen atoms in total. The van der Waals surface area contributed by atoms with Crippen molar-refractivity contribution in [2.75, 3.05) is 0 Å². The summed E-state index contributed by atoms with van der Waals surface area (Å²) in [5.74, 6) is -0.449. The third kappa shape index (κ3) is 2.91. The number of benzene rings is 1. The molecule has 1 aliphatic carbocycles. The van der Waals surface area contributed by atoms with Crippen LogP contribution >= 0.6 is 0 Å². The van der Waals surface area contributed by atoms with Crippen LogP contribution in [-0.2, 0) is 6.42 Å². The molecule has 1 amide bonds. The molecule has 0 fully saturated rings. The summed E-state index contributed by atoms with van der Waals surface area (Å²) in [6.07, 6.45) is 7.49. The van der Waals surface area contributed by atoms with Crippen LogP contribution in [0, 0.1) is 5.82 Å². The first-order valence-electron chi connectivity index (χ1n) is 8.26. The first kappa shape index (κ1) is 15.5. The van der Waals surface area contributed by atoms with Crippen LogP contribution in [0.5, 0.6) is 0 Å². The van der Waals surface area contributed by atoms with Gasteiger partial charge in [-0.15, -0.1) is 0 Å². The Hall–Kier alpha value is -3.02. The van der Waals surface area contributed by atoms with Crippen molar-refractivity contribution in [2.45, 2.75) is 25.3 Å². The SMILES string of the molecule is O=C(NC1CCCc2c1cnn2-c1ccccc1F)c1ccncc1. The van der Waals surface area contributed by atoms with Gasteiger partial charge in [0.25, 0.3) is 5.91 Å². The maximum absolute atomic E-state index is 14.1. The van der Waals surface area contributed by atoms with Crippen LogP contribution in [0.1, 0.15) is 40.5 Å². The number of carbonyl (C=O) groups is 1. The van der Waals surface area contributed by atoms with Gasteiger partial charge in [0.1, 0.15) is 11.5 Å². The van der Waals surface area contributed by atoms with Gasteiger partial charge in [-0.25, -0.2) is 9.07 Å². The standard InChI is InChI=1S/C19H17FN4O/c20-15-4-1-2-6-18(15)24-17-7-3-5-16(14(17)12-22-24)23-19(25)13-8-10-21-11-9-13/h1-2,4,6,8-12,16H,3,5,7H2,(H,23,25). The Morgan fingerprint density at radius 3 is 2.80 bits per heavy atom. The number of nitrogens with zero attached hydrogens (tertiary/aromatic N) is 3. The number of para-hydroxylation sites is 1. The Kier molecular flexibility index (Phi) is 4.01. The average Bonchev–Trinajstić information content (AvgIpc) is 3.08. The summed E-state index contributed by atoms with van der Waals surface area (Å²) in [5.41, 5.74) is 2.92. The van der Waals surface area contributed by atoms with E-state index in [0.29, 0.717) is 11.3 Å². The fourth-order valence-corrected chi connectivity index (χ4v) is 3.28. The maximum Gasteiger partial charge on any atom is 0.251 e. The number of fused-ring (bicyclic) bond motifs is 1. The van der Waals surface area contributed by atoms with Gasteiger partial charge in [-0.3, -0.25) is 9.78 Å². The van der Waals surface area contributed by atoms with E-state index in [2.05, 4.69) is 15.4 Å². The minimum absolute atomic E-state index is 0.120. The van der Waals surface area contributed by atoms with Gasteiger partial charge in [0.15, 0.2) is 0 Å². The molecular weight excluding hydrogens is 319 g/mol. The Labute approximate surface area is 144 Å². The smallest absolute Gasteiger partial charge is 0.251 e. The van der Waals surface area contributed by atoms with Gasteiger partial charge in [-0.2, -0.15) is 5.10 Å². The van der Waals surface area contributed by atoms with Crippen molar-refractivity contribution in [1.29, 1.82) is 0 Å². The fraction of sp³-hybridized carbons (Fsp3) is 0.211. The zero-order valence-electron chi connectivity index (χ0n) is 13.5. The van der Waals surface area contributed by atoms with E-state index in [9.17, 15) is 9.18 Å². The van der Waals surface area contributed by atoms with Crippen molar-refractivity contribution in [3.05, 3.63) is 77.6 Å². The highest BCUT2D eigenvalue weighted by atomic mass is 19.1. The second-order valence-electron chi connectivity index (χ2n) is 6.06. The van der Waals surface area contributed by atoms with Crippen LogP contribution < -0.4 is 5.32 Å². The molecule has 2 heterocycles. The summed E-state index contributed by atoms with van der Waals surface area (Å²) in [5, 5.41) is 7.43. The molecule has 0 saturated carbocycles. The molecule has 2 aromatic heterocycles. The van der Waals surface area contributed by atoms with Gasteiger partial charge in [0.05, 0.1) is 12.2 Å². The van der Waals surface area contributed by atoms with Gasteiger partial charge < -0.3 is 5.32 Å². The number of pyridine rings is 1. The molecular formula is C19H17FN4O. The van der Waals surface area contributed by atoms with E-state index in [1.165, 1.54) is 6.07 Å². The van der Waals surface area contributed by atoms with Crippen LogP contribution in [0.25, 0.3) is 5.69 Å². The highest BCUT2D eigenvalue weighted by molar-refractivity contribution is 5.94. The van der Waals surface area contributed by atoms with Gasteiger partial charge in [-0.1, -0.05) is 12.1 Å². The van der Waals surface area contributed by atoms with Crippen molar-refractivity contribution in [1.82, 2.24) is 20.1 Å². The van der Waals surface area contributed by atoms with Crippen molar-refractivity contribution < 1.29 is 9.18 Å². The number of nitrogens with one attached hydrogen (secondary N) is 1. The van der Waals surface area contributed by atoms with Crippen molar-refractivity contribution in [3.63, 3.8) is 0 Å². The molecule has 1 N–H and O–H groups in total. The molecule has 0 saturated heterocycles. The Morgan fingerprint density at radius 1 is 1.20 bits per heavy atom. The summed E-state index contributed by atoms with van der Waals surface area (Å²) >= 11 is 0. The zero-order valence-corrected chi connectivity index (χ0v) is 13.5. The van der Waals surface area contributed by atoms with Gasteiger partial charge in [0, 0.05) is 29.2 Å². The van der Waals surface area contributed by atoms with E-state index >= 15 is 0 Å². The summed E-state index contributed by atoms with van der Waals surface area (Å²) < 4.78 is 15.8. The Balaban J connectivity index is 1.63. The molecule has 4 rings (SSSR count). The highest BCUT2D eigenvalue weighted by Crippen LogP contribution is 2.31. The molecule has 25 heavy (non-hydrogen) atoms. The zero-order chi connectivity index (χ0) is 17.2. The third-order valence-electron chi connectivity index (χ3n) is 4.51. The normalized spacial score (nSPS) is 16.3. The lowest BCUT2D eigenvalue weighted by atomic mass is 9.92. The number of hydrogen-bond acceptors (Lipinski definition) is 3. The topological polar surface area (TPSA) is 59.8 Å². The van der Waals surface area contributed by atoms with Crippen LogP contribution in [0.2, 0.25) is 0 Å². The van der Waals surface area contributed by atoms with Crippen LogP contribution in [0.15, 0.2) is 55.0 Å². The number of amides is 1. The van der Waals surface area contributed by atoms with E-state index in [0.717, 1.165) is 30.5 Å². The lowest BCUT2D eigenvalue weighted by molar-refractivity contribution is 0.0932. The lowest BCUT2D eigenvalue weighted by Gasteiger charge is -2.24. The third-order valence-corrected chi connectivity index (χ3v) is 4.51.